The third-order valence-electron chi connectivity index (χ3n) is 12.5. The Balaban J connectivity index is 1.14. The number of anilines is 1. The van der Waals surface area contributed by atoms with Crippen LogP contribution in [0.5, 0.6) is 0 Å². The van der Waals surface area contributed by atoms with Crippen molar-refractivity contribution in [2.45, 2.75) is 58.4 Å². The van der Waals surface area contributed by atoms with Crippen LogP contribution >= 0.6 is 0 Å². The highest BCUT2D eigenvalue weighted by molar-refractivity contribution is 5.96. The first-order chi connectivity index (χ1) is 26.4. The van der Waals surface area contributed by atoms with Gasteiger partial charge in [0.05, 0.1) is 22.4 Å². The average Bonchev–Trinajstić information content (AvgIpc) is 3.66. The molecule has 5 atom stereocenters. The van der Waals surface area contributed by atoms with Crippen LogP contribution in [0.3, 0.4) is 0 Å². The molecule has 5 aromatic rings. The van der Waals surface area contributed by atoms with Gasteiger partial charge in [-0.25, -0.2) is 9.97 Å². The van der Waals surface area contributed by atoms with E-state index < -0.39 is 0 Å². The van der Waals surface area contributed by atoms with Crippen molar-refractivity contribution in [3.63, 3.8) is 0 Å². The maximum Gasteiger partial charge on any atom is 0.160 e. The highest BCUT2D eigenvalue weighted by Crippen LogP contribution is 2.55. The first-order valence-corrected chi connectivity index (χ1v) is 19.7. The second-order valence-corrected chi connectivity index (χ2v) is 16.1. The van der Waals surface area contributed by atoms with Crippen LogP contribution in [0.1, 0.15) is 69.1 Å². The molecule has 1 aliphatic heterocycles. The largest absolute Gasteiger partial charge is 0.334 e. The quantitative estimate of drug-likeness (QED) is 0.183. The van der Waals surface area contributed by atoms with Crippen molar-refractivity contribution in [3.05, 3.63) is 179 Å². The van der Waals surface area contributed by atoms with Crippen molar-refractivity contribution >= 4 is 28.2 Å². The molecular formula is C50H46N4. The Morgan fingerprint density at radius 1 is 0.759 bits per heavy atom. The van der Waals surface area contributed by atoms with E-state index in [-0.39, 0.29) is 11.5 Å². The Bertz CT molecular complexity index is 2550. The van der Waals surface area contributed by atoms with Crippen molar-refractivity contribution in [2.75, 3.05) is 4.90 Å². The van der Waals surface area contributed by atoms with Crippen molar-refractivity contribution in [1.29, 1.82) is 0 Å². The number of benzene rings is 3. The van der Waals surface area contributed by atoms with E-state index in [9.17, 15) is 0 Å². The molecule has 5 aliphatic rings. The van der Waals surface area contributed by atoms with E-state index >= 15 is 0 Å². The van der Waals surface area contributed by atoms with E-state index in [1.165, 1.54) is 56.0 Å². The molecule has 54 heavy (non-hydrogen) atoms. The Morgan fingerprint density at radius 3 is 2.41 bits per heavy atom. The SMILES string of the molecule is CC1CC=CC=C1c1cc(C2C=CC=CC2C)nc(-c2cccc(N3C4=C(C=CCC4C)C4=Cc5c(n(-c6ccccc6)c6ccccc56)CC43C)c2)n1. The molecule has 266 valence electrons. The van der Waals surface area contributed by atoms with E-state index in [0.717, 1.165) is 42.0 Å². The van der Waals surface area contributed by atoms with Crippen LogP contribution < -0.4 is 4.90 Å². The number of nitrogens with zero attached hydrogens (tertiary/aromatic N) is 4. The Kier molecular flexibility index (Phi) is 7.73. The number of hydrogen-bond donors (Lipinski definition) is 0. The van der Waals surface area contributed by atoms with E-state index in [0.29, 0.717) is 17.8 Å². The van der Waals surface area contributed by atoms with Gasteiger partial charge in [0.25, 0.3) is 0 Å². The van der Waals surface area contributed by atoms with Crippen molar-refractivity contribution in [2.24, 2.45) is 17.8 Å². The van der Waals surface area contributed by atoms with Gasteiger partial charge in [-0.1, -0.05) is 124 Å². The molecule has 0 amide bonds. The number of rotatable bonds is 5. The summed E-state index contributed by atoms with van der Waals surface area (Å²) in [6, 6.07) is 31.1. The molecule has 0 fully saturated rings. The smallest absolute Gasteiger partial charge is 0.160 e. The fourth-order valence-corrected chi connectivity index (χ4v) is 9.79. The van der Waals surface area contributed by atoms with Crippen LogP contribution in [0.2, 0.25) is 0 Å². The Morgan fingerprint density at radius 2 is 1.56 bits per heavy atom. The molecule has 4 nitrogen and oxygen atoms in total. The lowest BCUT2D eigenvalue weighted by Crippen LogP contribution is -2.47. The van der Waals surface area contributed by atoms with Crippen LogP contribution in [-0.2, 0) is 6.42 Å². The third kappa shape index (κ3) is 5.10. The molecule has 4 heteroatoms. The van der Waals surface area contributed by atoms with Gasteiger partial charge in [-0.3, -0.25) is 0 Å². The second kappa shape index (κ2) is 12.7. The monoisotopic (exact) mass is 702 g/mol. The minimum absolute atomic E-state index is 0.203. The molecule has 0 saturated carbocycles. The van der Waals surface area contributed by atoms with Gasteiger partial charge in [0, 0.05) is 57.5 Å². The molecule has 3 heterocycles. The van der Waals surface area contributed by atoms with E-state index in [2.05, 4.69) is 183 Å². The van der Waals surface area contributed by atoms with Crippen molar-refractivity contribution in [3.8, 4) is 17.1 Å². The van der Waals surface area contributed by atoms with E-state index in [4.69, 9.17) is 9.97 Å². The summed E-state index contributed by atoms with van der Waals surface area (Å²) in [7, 11) is 0. The summed E-state index contributed by atoms with van der Waals surface area (Å²) in [5.41, 5.74) is 14.7. The fourth-order valence-electron chi connectivity index (χ4n) is 9.79. The standard InChI is InChI=1S/C50H46N4/c1-32-16-8-10-23-38(32)44-30-45(39-24-11-9-17-33(39)2)52-49(51-44)35-19-15-22-37(28-35)54-48-34(3)18-14-26-41(48)43-29-42-40-25-12-13-27-46(40)53(36-20-6-5-7-21-36)47(42)31-50(43,54)4/h5-16,19-30,32-34,38H,17-18,31H2,1-4H3. The molecule has 3 aromatic carbocycles. The van der Waals surface area contributed by atoms with Gasteiger partial charge < -0.3 is 9.47 Å². The number of fused-ring (bicyclic) bond motifs is 5. The zero-order valence-corrected chi connectivity index (χ0v) is 31.6. The fraction of sp³-hybridized carbons (Fsp3) is 0.240. The van der Waals surface area contributed by atoms with Crippen LogP contribution in [0, 0.1) is 17.8 Å². The zero-order valence-electron chi connectivity index (χ0n) is 31.6. The molecule has 0 spiro atoms. The zero-order chi connectivity index (χ0) is 36.6. The van der Waals surface area contributed by atoms with Crippen molar-refractivity contribution < 1.29 is 0 Å². The maximum absolute atomic E-state index is 5.36. The topological polar surface area (TPSA) is 34.0 Å². The Labute approximate surface area is 319 Å². The van der Waals surface area contributed by atoms with Crippen LogP contribution in [-0.4, -0.2) is 20.1 Å². The summed E-state index contributed by atoms with van der Waals surface area (Å²) < 4.78 is 2.50. The van der Waals surface area contributed by atoms with Gasteiger partial charge in [0.15, 0.2) is 5.82 Å². The molecule has 10 rings (SSSR count). The number of hydrogen-bond acceptors (Lipinski definition) is 3. The van der Waals surface area contributed by atoms with Crippen LogP contribution in [0.4, 0.5) is 5.69 Å². The first-order valence-electron chi connectivity index (χ1n) is 19.7. The van der Waals surface area contributed by atoms with Gasteiger partial charge in [-0.05, 0) is 90.8 Å². The lowest BCUT2D eigenvalue weighted by molar-refractivity contribution is 0.508. The van der Waals surface area contributed by atoms with Crippen LogP contribution in [0.15, 0.2) is 156 Å². The normalized spacial score (nSPS) is 25.4. The number of allylic oxidation sites excluding steroid dienone is 11. The highest BCUT2D eigenvalue weighted by Gasteiger charge is 2.50. The molecular weight excluding hydrogens is 657 g/mol. The van der Waals surface area contributed by atoms with Gasteiger partial charge in [-0.2, -0.15) is 0 Å². The van der Waals surface area contributed by atoms with Crippen molar-refractivity contribution in [1.82, 2.24) is 14.5 Å². The second-order valence-electron chi connectivity index (χ2n) is 16.1. The van der Waals surface area contributed by atoms with Gasteiger partial charge >= 0.3 is 0 Å². The molecule has 0 bridgehead atoms. The number of aromatic nitrogens is 3. The molecule has 5 unspecified atom stereocenters. The maximum atomic E-state index is 5.36. The Hall–Kier alpha value is -5.74. The third-order valence-corrected chi connectivity index (χ3v) is 12.5. The van der Waals surface area contributed by atoms with E-state index in [1.54, 1.807) is 0 Å². The summed E-state index contributed by atoms with van der Waals surface area (Å²) in [6.45, 7) is 9.45. The minimum Gasteiger partial charge on any atom is -0.334 e. The highest BCUT2D eigenvalue weighted by atomic mass is 15.2. The molecule has 0 saturated heterocycles. The summed E-state index contributed by atoms with van der Waals surface area (Å²) in [4.78, 5) is 13.4. The molecule has 0 radical (unpaired) electrons. The predicted octanol–water partition coefficient (Wildman–Crippen LogP) is 12.0. The van der Waals surface area contributed by atoms with E-state index in [1.807, 2.05) is 0 Å². The number of para-hydroxylation sites is 2. The van der Waals surface area contributed by atoms with Gasteiger partial charge in [0.1, 0.15) is 0 Å². The molecule has 0 N–H and O–H groups in total. The lowest BCUT2D eigenvalue weighted by atomic mass is 9.78. The van der Waals surface area contributed by atoms with Crippen LogP contribution in [0.25, 0.3) is 39.6 Å². The molecule has 2 aromatic heterocycles. The predicted molar refractivity (Wildman–Crippen MR) is 224 cm³/mol. The first kappa shape index (κ1) is 32.9. The summed E-state index contributed by atoms with van der Waals surface area (Å²) >= 11 is 0. The summed E-state index contributed by atoms with van der Waals surface area (Å²) in [6.07, 6.45) is 25.8. The van der Waals surface area contributed by atoms with Gasteiger partial charge in [-0.15, -0.1) is 0 Å². The summed E-state index contributed by atoms with van der Waals surface area (Å²) in [5, 5.41) is 1.31. The lowest BCUT2D eigenvalue weighted by Gasteiger charge is -2.43. The average molecular weight is 703 g/mol. The van der Waals surface area contributed by atoms with Gasteiger partial charge in [0.2, 0.25) is 0 Å². The summed E-state index contributed by atoms with van der Waals surface area (Å²) in [5.74, 6) is 2.14. The minimum atomic E-state index is -0.294. The molecule has 4 aliphatic carbocycles.